The molecule has 5 aromatic rings. The predicted molar refractivity (Wildman–Crippen MR) is 151 cm³/mol. The van der Waals surface area contributed by atoms with Crippen LogP contribution in [-0.4, -0.2) is 23.3 Å². The number of allylic oxidation sites excluding steroid dienone is 1. The molecular formula is C33H32N2O2. The maximum atomic E-state index is 6.16. The number of rotatable bonds is 11. The molecule has 0 radical (unpaired) electrons. The highest BCUT2D eigenvalue weighted by Gasteiger charge is 2.23. The number of nitrogens with zero attached hydrogens (tertiary/aromatic N) is 2. The van der Waals surface area contributed by atoms with E-state index in [1.807, 2.05) is 18.2 Å². The first-order valence-corrected chi connectivity index (χ1v) is 12.7. The summed E-state index contributed by atoms with van der Waals surface area (Å²) >= 11 is 0. The molecule has 0 unspecified atom stereocenters. The molecule has 0 saturated heterocycles. The van der Waals surface area contributed by atoms with Gasteiger partial charge in [-0.3, -0.25) is 0 Å². The summed E-state index contributed by atoms with van der Waals surface area (Å²) < 4.78 is 14.1. The van der Waals surface area contributed by atoms with Gasteiger partial charge in [0.1, 0.15) is 5.82 Å². The second-order valence-corrected chi connectivity index (χ2v) is 9.04. The Hall–Kier alpha value is -4.31. The molecule has 0 fully saturated rings. The third kappa shape index (κ3) is 5.44. The average molecular weight is 489 g/mol. The quantitative estimate of drug-likeness (QED) is 0.143. The number of para-hydroxylation sites is 2. The maximum absolute atomic E-state index is 6.16. The lowest BCUT2D eigenvalue weighted by Gasteiger charge is -2.20. The largest absolute Gasteiger partial charge is 0.493 e. The summed E-state index contributed by atoms with van der Waals surface area (Å²) in [5, 5.41) is 0. The zero-order valence-electron chi connectivity index (χ0n) is 21.2. The summed E-state index contributed by atoms with van der Waals surface area (Å²) in [7, 11) is 1.68. The molecule has 0 spiro atoms. The van der Waals surface area contributed by atoms with Crippen LogP contribution in [0.2, 0.25) is 0 Å². The van der Waals surface area contributed by atoms with Crippen molar-refractivity contribution in [2.45, 2.75) is 25.3 Å². The van der Waals surface area contributed by atoms with Crippen molar-refractivity contribution in [1.82, 2.24) is 9.55 Å². The van der Waals surface area contributed by atoms with Crippen LogP contribution in [0.25, 0.3) is 11.0 Å². The van der Waals surface area contributed by atoms with Gasteiger partial charge in [-0.1, -0.05) is 84.9 Å². The molecule has 0 aliphatic heterocycles. The molecule has 1 aromatic heterocycles. The number of hydrogen-bond acceptors (Lipinski definition) is 3. The van der Waals surface area contributed by atoms with E-state index in [9.17, 15) is 0 Å². The number of fused-ring (bicyclic) bond motifs is 1. The normalized spacial score (nSPS) is 11.1. The minimum atomic E-state index is 0.0354. The molecule has 4 nitrogen and oxygen atoms in total. The van der Waals surface area contributed by atoms with Gasteiger partial charge in [-0.05, 0) is 53.8 Å². The smallest absolute Gasteiger partial charge is 0.161 e. The van der Waals surface area contributed by atoms with Gasteiger partial charge in [0.2, 0.25) is 0 Å². The van der Waals surface area contributed by atoms with Gasteiger partial charge in [-0.25, -0.2) is 4.98 Å². The molecular weight excluding hydrogens is 456 g/mol. The van der Waals surface area contributed by atoms with Gasteiger partial charge >= 0.3 is 0 Å². The minimum absolute atomic E-state index is 0.0354. The summed E-state index contributed by atoms with van der Waals surface area (Å²) in [4.78, 5) is 5.15. The van der Waals surface area contributed by atoms with Crippen LogP contribution in [0.5, 0.6) is 11.5 Å². The first-order valence-electron chi connectivity index (χ1n) is 12.7. The number of ether oxygens (including phenoxy) is 2. The van der Waals surface area contributed by atoms with Crippen molar-refractivity contribution in [1.29, 1.82) is 0 Å². The molecule has 4 aromatic carbocycles. The molecule has 0 saturated carbocycles. The van der Waals surface area contributed by atoms with Gasteiger partial charge in [-0.15, -0.1) is 6.58 Å². The SMILES string of the molecule is C=CCc1ccc(OCCCn2c(C(c3ccccc3)c3ccccc3)nc3ccccc32)c(OC)c1. The van der Waals surface area contributed by atoms with Crippen molar-refractivity contribution < 1.29 is 9.47 Å². The highest BCUT2D eigenvalue weighted by Crippen LogP contribution is 2.34. The maximum Gasteiger partial charge on any atom is 0.161 e. The van der Waals surface area contributed by atoms with Crippen LogP contribution in [0.15, 0.2) is 116 Å². The lowest BCUT2D eigenvalue weighted by atomic mass is 9.90. The second kappa shape index (κ2) is 11.6. The molecule has 4 heteroatoms. The number of methoxy groups -OCH3 is 1. The van der Waals surface area contributed by atoms with Crippen molar-refractivity contribution in [3.8, 4) is 11.5 Å². The van der Waals surface area contributed by atoms with Crippen molar-refractivity contribution in [3.05, 3.63) is 138 Å². The van der Waals surface area contributed by atoms with Crippen molar-refractivity contribution in [2.24, 2.45) is 0 Å². The van der Waals surface area contributed by atoms with Crippen LogP contribution < -0.4 is 9.47 Å². The molecule has 37 heavy (non-hydrogen) atoms. The third-order valence-corrected chi connectivity index (χ3v) is 6.60. The van der Waals surface area contributed by atoms with E-state index >= 15 is 0 Å². The fourth-order valence-corrected chi connectivity index (χ4v) is 4.86. The first kappa shape index (κ1) is 24.4. The summed E-state index contributed by atoms with van der Waals surface area (Å²) in [6.45, 7) is 5.19. The van der Waals surface area contributed by atoms with Crippen LogP contribution in [0, 0.1) is 0 Å². The highest BCUT2D eigenvalue weighted by atomic mass is 16.5. The Balaban J connectivity index is 1.43. The van der Waals surface area contributed by atoms with Crippen molar-refractivity contribution >= 4 is 11.0 Å². The Morgan fingerprint density at radius 2 is 1.51 bits per heavy atom. The molecule has 0 aliphatic carbocycles. The van der Waals surface area contributed by atoms with Gasteiger partial charge in [-0.2, -0.15) is 0 Å². The molecule has 0 aliphatic rings. The molecule has 0 amide bonds. The molecule has 0 atom stereocenters. The van der Waals surface area contributed by atoms with E-state index < -0.39 is 0 Å². The summed E-state index contributed by atoms with van der Waals surface area (Å²) in [5.74, 6) is 2.59. The first-order chi connectivity index (χ1) is 18.3. The van der Waals surface area contributed by atoms with Gasteiger partial charge in [0.25, 0.3) is 0 Å². The highest BCUT2D eigenvalue weighted by molar-refractivity contribution is 5.76. The van der Waals surface area contributed by atoms with Crippen LogP contribution in [0.4, 0.5) is 0 Å². The van der Waals surface area contributed by atoms with E-state index in [0.717, 1.165) is 53.3 Å². The Labute approximate surface area is 218 Å². The van der Waals surface area contributed by atoms with Crippen LogP contribution >= 0.6 is 0 Å². The fraction of sp³-hybridized carbons (Fsp3) is 0.182. The van der Waals surface area contributed by atoms with E-state index in [-0.39, 0.29) is 5.92 Å². The number of aromatic nitrogens is 2. The summed E-state index contributed by atoms with van der Waals surface area (Å²) in [6.07, 6.45) is 3.53. The van der Waals surface area contributed by atoms with Crippen molar-refractivity contribution in [2.75, 3.05) is 13.7 Å². The fourth-order valence-electron chi connectivity index (χ4n) is 4.86. The van der Waals surface area contributed by atoms with E-state index in [1.54, 1.807) is 7.11 Å². The Kier molecular flexibility index (Phi) is 7.66. The van der Waals surface area contributed by atoms with Crippen LogP contribution in [0.3, 0.4) is 0 Å². The van der Waals surface area contributed by atoms with E-state index in [0.29, 0.717) is 6.61 Å². The number of imidazole rings is 1. The number of hydrogen-bond donors (Lipinski definition) is 0. The van der Waals surface area contributed by atoms with Crippen LogP contribution in [-0.2, 0) is 13.0 Å². The Morgan fingerprint density at radius 3 is 2.19 bits per heavy atom. The van der Waals surface area contributed by atoms with E-state index in [2.05, 4.69) is 102 Å². The zero-order valence-corrected chi connectivity index (χ0v) is 21.2. The van der Waals surface area contributed by atoms with Crippen molar-refractivity contribution in [3.63, 3.8) is 0 Å². The molecule has 0 bridgehead atoms. The monoisotopic (exact) mass is 488 g/mol. The zero-order chi connectivity index (χ0) is 25.5. The lowest BCUT2D eigenvalue weighted by Crippen LogP contribution is -2.13. The van der Waals surface area contributed by atoms with Gasteiger partial charge in [0.05, 0.1) is 30.7 Å². The minimum Gasteiger partial charge on any atom is -0.493 e. The van der Waals surface area contributed by atoms with Crippen LogP contribution in [0.1, 0.15) is 34.9 Å². The average Bonchev–Trinajstić information content (AvgIpc) is 3.31. The summed E-state index contributed by atoms with van der Waals surface area (Å²) in [6, 6.07) is 35.7. The molecule has 5 rings (SSSR count). The van der Waals surface area contributed by atoms with Gasteiger partial charge in [0.15, 0.2) is 11.5 Å². The predicted octanol–water partition coefficient (Wildman–Crippen LogP) is 7.42. The topological polar surface area (TPSA) is 36.3 Å². The van der Waals surface area contributed by atoms with Gasteiger partial charge in [0, 0.05) is 6.54 Å². The lowest BCUT2D eigenvalue weighted by molar-refractivity contribution is 0.282. The number of benzene rings is 4. The molecule has 186 valence electrons. The Bertz CT molecular complexity index is 1420. The van der Waals surface area contributed by atoms with E-state index in [4.69, 9.17) is 14.5 Å². The van der Waals surface area contributed by atoms with E-state index in [1.165, 1.54) is 11.1 Å². The summed E-state index contributed by atoms with van der Waals surface area (Å²) in [5.41, 5.74) is 5.76. The van der Waals surface area contributed by atoms with Gasteiger partial charge < -0.3 is 14.0 Å². The Morgan fingerprint density at radius 1 is 0.838 bits per heavy atom. The number of aryl methyl sites for hydroxylation is 1. The second-order valence-electron chi connectivity index (χ2n) is 9.04. The molecule has 0 N–H and O–H groups in total. The third-order valence-electron chi connectivity index (χ3n) is 6.60. The molecule has 1 heterocycles. The standard InChI is InChI=1S/C33H32N2O2/c1-3-13-25-20-21-30(31(24-25)36-2)37-23-12-22-35-29-19-11-10-18-28(29)34-33(35)32(26-14-6-4-7-15-26)27-16-8-5-9-17-27/h3-11,14-21,24,32H,1,12-13,22-23H2,2H3.